The highest BCUT2D eigenvalue weighted by Crippen LogP contribution is 2.21. The molecule has 0 unspecified atom stereocenters. The molecule has 132 valence electrons. The first-order chi connectivity index (χ1) is 12.3. The molecular weight excluding hydrogens is 310 g/mol. The van der Waals surface area contributed by atoms with Crippen molar-refractivity contribution in [1.29, 1.82) is 0 Å². The topological polar surface area (TPSA) is 30.4 Å². The van der Waals surface area contributed by atoms with Gasteiger partial charge in [-0.3, -0.25) is 0 Å². The molecule has 0 N–H and O–H groups in total. The monoisotopic (exact) mass is 338 g/mol. The van der Waals surface area contributed by atoms with Crippen LogP contribution in [0.1, 0.15) is 45.4 Å². The summed E-state index contributed by atoms with van der Waals surface area (Å²) in [5.74, 6) is 1.88. The average Bonchev–Trinajstić information content (AvgIpc) is 3.03. The van der Waals surface area contributed by atoms with E-state index in [1.165, 1.54) is 49.8 Å². The zero-order valence-electron chi connectivity index (χ0n) is 15.3. The van der Waals surface area contributed by atoms with Crippen molar-refractivity contribution < 1.29 is 9.30 Å². The fourth-order valence-corrected chi connectivity index (χ4v) is 3.26. The molecule has 1 aromatic carbocycles. The van der Waals surface area contributed by atoms with Gasteiger partial charge in [0.25, 0.3) is 0 Å². The van der Waals surface area contributed by atoms with Gasteiger partial charge in [-0.2, -0.15) is 0 Å². The predicted molar refractivity (Wildman–Crippen MR) is 101 cm³/mol. The number of fused-ring (bicyclic) bond motifs is 1. The molecule has 4 nitrogen and oxygen atoms in total. The molecule has 0 saturated carbocycles. The smallest absolute Gasteiger partial charge is 0.403 e. The maximum Gasteiger partial charge on any atom is 0.403 e. The van der Waals surface area contributed by atoms with Crippen LogP contribution in [-0.4, -0.2) is 16.5 Å². The number of aromatic nitrogens is 3. The lowest BCUT2D eigenvalue weighted by Gasteiger charge is -2.05. The maximum atomic E-state index is 5.28. The van der Waals surface area contributed by atoms with Crippen LogP contribution in [0.25, 0.3) is 17.0 Å². The first-order valence-electron chi connectivity index (χ1n) is 9.33. The number of ether oxygens (including phenoxy) is 1. The van der Waals surface area contributed by atoms with Crippen molar-refractivity contribution in [2.75, 3.05) is 7.11 Å². The third-order valence-corrected chi connectivity index (χ3v) is 4.67. The van der Waals surface area contributed by atoms with E-state index in [1.54, 1.807) is 7.11 Å². The molecule has 4 heteroatoms. The molecule has 25 heavy (non-hydrogen) atoms. The summed E-state index contributed by atoms with van der Waals surface area (Å²) in [7, 11) is 1.70. The number of nitrogens with zero attached hydrogens (tertiary/aromatic N) is 3. The summed E-state index contributed by atoms with van der Waals surface area (Å²) in [6, 6.07) is 10.2. The zero-order valence-corrected chi connectivity index (χ0v) is 15.3. The van der Waals surface area contributed by atoms with Crippen LogP contribution in [0.5, 0.6) is 5.75 Å². The minimum Gasteiger partial charge on any atom is -0.497 e. The van der Waals surface area contributed by atoms with Crippen LogP contribution in [0.4, 0.5) is 0 Å². The van der Waals surface area contributed by atoms with Gasteiger partial charge in [-0.1, -0.05) is 44.0 Å². The predicted octanol–water partition coefficient (Wildman–Crippen LogP) is 4.66. The number of hydrogen-bond donors (Lipinski definition) is 0. The Morgan fingerprint density at radius 2 is 1.80 bits per heavy atom. The maximum absolute atomic E-state index is 5.28. The second kappa shape index (κ2) is 8.65. The lowest BCUT2D eigenvalue weighted by Crippen LogP contribution is -2.35. The molecule has 0 bridgehead atoms. The molecule has 0 radical (unpaired) electrons. The summed E-state index contributed by atoms with van der Waals surface area (Å²) in [6.45, 7) is 3.26. The lowest BCUT2D eigenvalue weighted by molar-refractivity contribution is -0.662. The molecular formula is C21H28N3O+. The molecule has 2 heterocycles. The lowest BCUT2D eigenvalue weighted by atomic mass is 10.1. The van der Waals surface area contributed by atoms with Crippen LogP contribution < -0.4 is 9.30 Å². The molecule has 0 spiro atoms. The summed E-state index contributed by atoms with van der Waals surface area (Å²) in [4.78, 5) is 4.59. The zero-order chi connectivity index (χ0) is 17.5. The first-order valence-corrected chi connectivity index (χ1v) is 9.33. The van der Waals surface area contributed by atoms with E-state index >= 15 is 0 Å². The Hall–Kier alpha value is -2.36. The number of rotatable bonds is 9. The van der Waals surface area contributed by atoms with E-state index in [9.17, 15) is 0 Å². The Balaban J connectivity index is 1.81. The number of imidazole rings is 1. The molecule has 0 aliphatic rings. The summed E-state index contributed by atoms with van der Waals surface area (Å²) < 4.78 is 9.72. The Morgan fingerprint density at radius 3 is 2.56 bits per heavy atom. The highest BCUT2D eigenvalue weighted by atomic mass is 16.5. The van der Waals surface area contributed by atoms with Crippen LogP contribution in [0.2, 0.25) is 0 Å². The van der Waals surface area contributed by atoms with E-state index in [0.29, 0.717) is 0 Å². The van der Waals surface area contributed by atoms with E-state index in [4.69, 9.17) is 4.74 Å². The van der Waals surface area contributed by atoms with Gasteiger partial charge in [0.15, 0.2) is 0 Å². The summed E-state index contributed by atoms with van der Waals surface area (Å²) >= 11 is 0. The van der Waals surface area contributed by atoms with Crippen LogP contribution in [0.15, 0.2) is 48.9 Å². The normalized spacial score (nSPS) is 11.1. The molecule has 3 rings (SSSR count). The first kappa shape index (κ1) is 17.5. The van der Waals surface area contributed by atoms with Crippen molar-refractivity contribution in [3.63, 3.8) is 0 Å². The number of hydrogen-bond acceptors (Lipinski definition) is 2. The number of aryl methyl sites for hydroxylation is 1. The Kier molecular flexibility index (Phi) is 6.04. The molecule has 3 aromatic rings. The van der Waals surface area contributed by atoms with Gasteiger partial charge in [0, 0.05) is 11.6 Å². The molecule has 0 aliphatic heterocycles. The highest BCUT2D eigenvalue weighted by Gasteiger charge is 2.18. The Bertz CT molecular complexity index is 793. The van der Waals surface area contributed by atoms with Crippen LogP contribution >= 0.6 is 0 Å². The highest BCUT2D eigenvalue weighted by molar-refractivity contribution is 5.58. The Labute approximate surface area is 150 Å². The van der Waals surface area contributed by atoms with Crippen LogP contribution in [0, 0.1) is 0 Å². The summed E-state index contributed by atoms with van der Waals surface area (Å²) in [5, 5.41) is 0. The molecule has 0 saturated heterocycles. The second-order valence-electron chi connectivity index (χ2n) is 6.49. The largest absolute Gasteiger partial charge is 0.497 e. The molecule has 0 aliphatic carbocycles. The number of unbranched alkanes of at least 4 members (excludes halogenated alkanes) is 5. The van der Waals surface area contributed by atoms with E-state index in [0.717, 1.165) is 18.1 Å². The van der Waals surface area contributed by atoms with Crippen molar-refractivity contribution in [2.45, 2.75) is 52.0 Å². The van der Waals surface area contributed by atoms with E-state index in [1.807, 2.05) is 24.4 Å². The quantitative estimate of drug-likeness (QED) is 0.420. The third-order valence-electron chi connectivity index (χ3n) is 4.67. The van der Waals surface area contributed by atoms with E-state index < -0.39 is 0 Å². The van der Waals surface area contributed by atoms with Gasteiger partial charge >= 0.3 is 5.78 Å². The van der Waals surface area contributed by atoms with Gasteiger partial charge in [0.05, 0.1) is 19.9 Å². The number of benzene rings is 1. The van der Waals surface area contributed by atoms with Gasteiger partial charge in [0.2, 0.25) is 0 Å². The Morgan fingerprint density at radius 1 is 1.04 bits per heavy atom. The van der Waals surface area contributed by atoms with Crippen molar-refractivity contribution >= 4 is 5.78 Å². The fraction of sp³-hybridized carbons (Fsp3) is 0.429. The van der Waals surface area contributed by atoms with Gasteiger partial charge in [-0.05, 0) is 30.7 Å². The molecule has 0 atom stereocenters. The van der Waals surface area contributed by atoms with E-state index in [2.05, 4.69) is 45.4 Å². The van der Waals surface area contributed by atoms with Crippen molar-refractivity contribution in [3.05, 3.63) is 48.9 Å². The second-order valence-corrected chi connectivity index (χ2v) is 6.49. The van der Waals surface area contributed by atoms with Crippen molar-refractivity contribution in [2.24, 2.45) is 0 Å². The van der Waals surface area contributed by atoms with Crippen molar-refractivity contribution in [1.82, 2.24) is 9.38 Å². The van der Waals surface area contributed by atoms with Crippen LogP contribution in [-0.2, 0) is 6.54 Å². The van der Waals surface area contributed by atoms with Gasteiger partial charge < -0.3 is 4.74 Å². The van der Waals surface area contributed by atoms with Gasteiger partial charge in [-0.25, -0.2) is 8.97 Å². The van der Waals surface area contributed by atoms with Gasteiger partial charge in [-0.15, -0.1) is 0 Å². The third kappa shape index (κ3) is 4.19. The standard InChI is InChI=1S/C21H28N3O/c1-3-4-5-6-7-8-16-24-20(17-23-15-9-14-22-21(23)24)18-10-12-19(25-2)13-11-18/h9-15,17H,3-8,16H2,1-2H3/q+1. The molecule has 2 aromatic heterocycles. The SMILES string of the molecule is CCCCCCCC[n+]1c(-c2ccc(OC)cc2)cn2cccnc21. The van der Waals surface area contributed by atoms with Crippen LogP contribution in [0.3, 0.4) is 0 Å². The number of methoxy groups -OCH3 is 1. The summed E-state index contributed by atoms with van der Waals surface area (Å²) in [6.07, 6.45) is 13.9. The van der Waals surface area contributed by atoms with Gasteiger partial charge in [0.1, 0.15) is 23.8 Å². The molecule has 0 fully saturated rings. The minimum absolute atomic E-state index is 0.883. The van der Waals surface area contributed by atoms with Crippen molar-refractivity contribution in [3.8, 4) is 17.0 Å². The summed E-state index contributed by atoms with van der Waals surface area (Å²) in [5.41, 5.74) is 2.40. The minimum atomic E-state index is 0.883. The average molecular weight is 338 g/mol. The van der Waals surface area contributed by atoms with E-state index in [-0.39, 0.29) is 0 Å². The fourth-order valence-electron chi connectivity index (χ4n) is 3.26. The molecule has 0 amide bonds.